The lowest BCUT2D eigenvalue weighted by Crippen LogP contribution is -2.34. The first-order valence-electron chi connectivity index (χ1n) is 6.51. The highest BCUT2D eigenvalue weighted by Gasteiger charge is 2.33. The molecule has 0 bridgehead atoms. The predicted molar refractivity (Wildman–Crippen MR) is 75.1 cm³/mol. The van der Waals surface area contributed by atoms with Gasteiger partial charge >= 0.3 is 0 Å². The van der Waals surface area contributed by atoms with Crippen molar-refractivity contribution in [2.24, 2.45) is 0 Å². The molecule has 0 unspecified atom stereocenters. The first-order chi connectivity index (χ1) is 9.03. The normalized spacial score (nSPS) is 21.6. The summed E-state index contributed by atoms with van der Waals surface area (Å²) in [6, 6.07) is 2.24. The van der Waals surface area contributed by atoms with E-state index in [9.17, 15) is 10.1 Å². The van der Waals surface area contributed by atoms with Crippen LogP contribution < -0.4 is 5.32 Å². The van der Waals surface area contributed by atoms with E-state index in [-0.39, 0.29) is 11.5 Å². The summed E-state index contributed by atoms with van der Waals surface area (Å²) >= 11 is 1.46. The molecule has 0 saturated carbocycles. The van der Waals surface area contributed by atoms with E-state index in [1.165, 1.54) is 11.3 Å². The highest BCUT2D eigenvalue weighted by Crippen LogP contribution is 2.40. The van der Waals surface area contributed by atoms with E-state index < -0.39 is 0 Å². The van der Waals surface area contributed by atoms with Gasteiger partial charge in [-0.15, -0.1) is 11.3 Å². The van der Waals surface area contributed by atoms with E-state index in [0.717, 1.165) is 23.3 Å². The second-order valence-electron chi connectivity index (χ2n) is 4.99. The molecule has 2 heterocycles. The van der Waals surface area contributed by atoms with E-state index in [4.69, 9.17) is 4.74 Å². The van der Waals surface area contributed by atoms with E-state index in [1.807, 2.05) is 0 Å². The lowest BCUT2D eigenvalue weighted by Gasteiger charge is -2.32. The molecular weight excluding hydrogens is 260 g/mol. The van der Waals surface area contributed by atoms with Crippen molar-refractivity contribution in [2.75, 3.05) is 5.32 Å². The SMILES string of the molecule is CCC(=O)Nc1sc2c(c1C#N)C[C@](C)(CC)OC2. The molecule has 19 heavy (non-hydrogen) atoms. The van der Waals surface area contributed by atoms with Gasteiger partial charge in [-0.2, -0.15) is 5.26 Å². The van der Waals surface area contributed by atoms with Crippen molar-refractivity contribution in [1.29, 1.82) is 5.26 Å². The molecule has 1 N–H and O–H groups in total. The second kappa shape index (κ2) is 5.32. The zero-order valence-electron chi connectivity index (χ0n) is 11.5. The Bertz CT molecular complexity index is 544. The van der Waals surface area contributed by atoms with Gasteiger partial charge in [-0.1, -0.05) is 13.8 Å². The van der Waals surface area contributed by atoms with Crippen molar-refractivity contribution >= 4 is 22.2 Å². The Labute approximate surface area is 117 Å². The molecule has 0 spiro atoms. The van der Waals surface area contributed by atoms with Crippen LogP contribution in [0.25, 0.3) is 0 Å². The zero-order valence-corrected chi connectivity index (χ0v) is 12.3. The van der Waals surface area contributed by atoms with Gasteiger partial charge in [0, 0.05) is 17.7 Å². The highest BCUT2D eigenvalue weighted by molar-refractivity contribution is 7.16. The van der Waals surface area contributed by atoms with Crippen molar-refractivity contribution in [3.63, 3.8) is 0 Å². The fourth-order valence-corrected chi connectivity index (χ4v) is 3.23. The molecule has 1 aromatic rings. The fourth-order valence-electron chi connectivity index (χ4n) is 2.13. The predicted octanol–water partition coefficient (Wildman–Crippen LogP) is 3.21. The molecule has 5 heteroatoms. The minimum atomic E-state index is -0.203. The molecule has 0 aromatic carbocycles. The lowest BCUT2D eigenvalue weighted by molar-refractivity contribution is -0.115. The van der Waals surface area contributed by atoms with Crippen LogP contribution in [0.15, 0.2) is 0 Å². The third-order valence-corrected chi connectivity index (χ3v) is 4.75. The molecule has 1 aliphatic heterocycles. The summed E-state index contributed by atoms with van der Waals surface area (Å²) < 4.78 is 5.87. The first kappa shape index (κ1) is 14.0. The van der Waals surface area contributed by atoms with Gasteiger partial charge < -0.3 is 10.1 Å². The number of nitrogens with zero attached hydrogens (tertiary/aromatic N) is 1. The Hall–Kier alpha value is -1.38. The molecule has 4 nitrogen and oxygen atoms in total. The number of hydrogen-bond donors (Lipinski definition) is 1. The number of carbonyl (C=O) groups is 1. The van der Waals surface area contributed by atoms with Crippen LogP contribution >= 0.6 is 11.3 Å². The van der Waals surface area contributed by atoms with Crippen molar-refractivity contribution in [3.8, 4) is 6.07 Å². The third-order valence-electron chi connectivity index (χ3n) is 3.63. The largest absolute Gasteiger partial charge is 0.369 e. The monoisotopic (exact) mass is 278 g/mol. The zero-order chi connectivity index (χ0) is 14.0. The number of hydrogen-bond acceptors (Lipinski definition) is 4. The fraction of sp³-hybridized carbons (Fsp3) is 0.571. The van der Waals surface area contributed by atoms with Crippen LogP contribution in [-0.4, -0.2) is 11.5 Å². The number of nitrogens with one attached hydrogen (secondary N) is 1. The van der Waals surface area contributed by atoms with Crippen LogP contribution in [0.4, 0.5) is 5.00 Å². The van der Waals surface area contributed by atoms with E-state index in [0.29, 0.717) is 23.6 Å². The van der Waals surface area contributed by atoms with Crippen molar-refractivity contribution in [2.45, 2.75) is 52.2 Å². The molecule has 1 atom stereocenters. The molecule has 1 amide bonds. The number of ether oxygens (including phenoxy) is 1. The Balaban J connectivity index is 2.37. The first-order valence-corrected chi connectivity index (χ1v) is 7.33. The van der Waals surface area contributed by atoms with Crippen LogP contribution in [0.2, 0.25) is 0 Å². The summed E-state index contributed by atoms with van der Waals surface area (Å²) in [4.78, 5) is 12.6. The van der Waals surface area contributed by atoms with Crippen molar-refractivity contribution in [3.05, 3.63) is 16.0 Å². The summed E-state index contributed by atoms with van der Waals surface area (Å²) in [6.07, 6.45) is 2.06. The van der Waals surface area contributed by atoms with Crippen LogP contribution in [0.3, 0.4) is 0 Å². The maximum atomic E-state index is 11.5. The summed E-state index contributed by atoms with van der Waals surface area (Å²) in [5.41, 5.74) is 1.46. The van der Waals surface area contributed by atoms with Crippen LogP contribution in [0.5, 0.6) is 0 Å². The van der Waals surface area contributed by atoms with Crippen LogP contribution in [-0.2, 0) is 22.6 Å². The van der Waals surface area contributed by atoms with Gasteiger partial charge in [0.15, 0.2) is 0 Å². The molecule has 0 aliphatic carbocycles. The maximum absolute atomic E-state index is 11.5. The summed E-state index contributed by atoms with van der Waals surface area (Å²) in [5.74, 6) is -0.0609. The van der Waals surface area contributed by atoms with Crippen LogP contribution in [0.1, 0.15) is 49.6 Å². The number of carbonyl (C=O) groups excluding carboxylic acids is 1. The van der Waals surface area contributed by atoms with Crippen molar-refractivity contribution < 1.29 is 9.53 Å². The molecule has 0 fully saturated rings. The number of nitriles is 1. The molecule has 0 radical (unpaired) electrons. The standard InChI is InChI=1S/C14H18N2O2S/c1-4-12(17)16-13-10(7-15)9-6-14(3,5-2)18-8-11(9)19-13/h4-6,8H2,1-3H3,(H,16,17)/t14-/m0/s1. The Morgan fingerprint density at radius 2 is 2.32 bits per heavy atom. The molecular formula is C14H18N2O2S. The molecule has 0 saturated heterocycles. The van der Waals surface area contributed by atoms with E-state index >= 15 is 0 Å². The number of anilines is 1. The number of fused-ring (bicyclic) bond motifs is 1. The summed E-state index contributed by atoms with van der Waals surface area (Å²) in [5, 5.41) is 12.8. The van der Waals surface area contributed by atoms with Gasteiger partial charge in [0.2, 0.25) is 5.91 Å². The molecule has 1 aliphatic rings. The van der Waals surface area contributed by atoms with Gasteiger partial charge in [-0.3, -0.25) is 4.79 Å². The Morgan fingerprint density at radius 3 is 2.89 bits per heavy atom. The van der Waals surface area contributed by atoms with Gasteiger partial charge in [0.1, 0.15) is 11.1 Å². The number of rotatable bonds is 3. The minimum Gasteiger partial charge on any atom is -0.369 e. The lowest BCUT2D eigenvalue weighted by atomic mass is 9.90. The van der Waals surface area contributed by atoms with Gasteiger partial charge in [0.05, 0.1) is 17.8 Å². The van der Waals surface area contributed by atoms with Crippen LogP contribution in [0, 0.1) is 11.3 Å². The Morgan fingerprint density at radius 1 is 1.58 bits per heavy atom. The van der Waals surface area contributed by atoms with E-state index in [1.54, 1.807) is 6.92 Å². The number of thiophene rings is 1. The summed E-state index contributed by atoms with van der Waals surface area (Å²) in [6.45, 7) is 6.48. The average Bonchev–Trinajstić information content (AvgIpc) is 2.74. The van der Waals surface area contributed by atoms with Gasteiger partial charge in [0.25, 0.3) is 0 Å². The maximum Gasteiger partial charge on any atom is 0.224 e. The topological polar surface area (TPSA) is 62.1 Å². The van der Waals surface area contributed by atoms with E-state index in [2.05, 4.69) is 25.2 Å². The molecule has 2 rings (SSSR count). The van der Waals surface area contributed by atoms with Gasteiger partial charge in [-0.25, -0.2) is 0 Å². The Kier molecular flexibility index (Phi) is 3.93. The second-order valence-corrected chi connectivity index (χ2v) is 6.10. The van der Waals surface area contributed by atoms with Crippen molar-refractivity contribution in [1.82, 2.24) is 0 Å². The number of amides is 1. The third kappa shape index (κ3) is 2.65. The molecule has 102 valence electrons. The quantitative estimate of drug-likeness (QED) is 0.923. The summed E-state index contributed by atoms with van der Waals surface area (Å²) in [7, 11) is 0. The minimum absolute atomic E-state index is 0.0609. The average molecular weight is 278 g/mol. The smallest absolute Gasteiger partial charge is 0.224 e. The molecule has 1 aromatic heterocycles. The van der Waals surface area contributed by atoms with Gasteiger partial charge in [-0.05, 0) is 18.9 Å². The highest BCUT2D eigenvalue weighted by atomic mass is 32.1.